The summed E-state index contributed by atoms with van der Waals surface area (Å²) in [4.78, 5) is 12.4. The Hall–Kier alpha value is -1.02. The first-order chi connectivity index (χ1) is 10.1. The molecule has 1 aliphatic rings. The third-order valence-electron chi connectivity index (χ3n) is 4.54. The molecule has 1 atom stereocenters. The highest BCUT2D eigenvalue weighted by molar-refractivity contribution is 6.18. The van der Waals surface area contributed by atoms with Gasteiger partial charge in [0.05, 0.1) is 5.54 Å². The molecule has 2 nitrogen and oxygen atoms in total. The number of amides is 1. The van der Waals surface area contributed by atoms with E-state index >= 15 is 0 Å². The molecule has 0 aromatic heterocycles. The van der Waals surface area contributed by atoms with Crippen molar-refractivity contribution in [1.29, 1.82) is 0 Å². The van der Waals surface area contributed by atoms with Gasteiger partial charge in [0.15, 0.2) is 0 Å². The fourth-order valence-electron chi connectivity index (χ4n) is 3.18. The highest BCUT2D eigenvalue weighted by Gasteiger charge is 2.28. The first-order valence-electron chi connectivity index (χ1n) is 8.06. The zero-order chi connectivity index (χ0) is 15.1. The number of hydrogen-bond donors (Lipinski definition) is 1. The van der Waals surface area contributed by atoms with Gasteiger partial charge >= 0.3 is 0 Å². The fourth-order valence-corrected chi connectivity index (χ4v) is 3.40. The average Bonchev–Trinajstić information content (AvgIpc) is 2.76. The van der Waals surface area contributed by atoms with Crippen LogP contribution in [0, 0.1) is 5.92 Å². The summed E-state index contributed by atoms with van der Waals surface area (Å²) >= 11 is 6.14. The second-order valence-electron chi connectivity index (χ2n) is 6.44. The first-order valence-corrected chi connectivity index (χ1v) is 8.60. The Kier molecular flexibility index (Phi) is 6.10. The molecule has 21 heavy (non-hydrogen) atoms. The Balaban J connectivity index is 1.96. The summed E-state index contributed by atoms with van der Waals surface area (Å²) in [6, 6.07) is 9.99. The van der Waals surface area contributed by atoms with Crippen molar-refractivity contribution in [2.75, 3.05) is 5.88 Å². The van der Waals surface area contributed by atoms with E-state index in [0.717, 1.165) is 5.56 Å². The molecule has 0 radical (unpaired) electrons. The average molecular weight is 308 g/mol. The molecule has 1 unspecified atom stereocenters. The van der Waals surface area contributed by atoms with E-state index in [1.54, 1.807) is 0 Å². The lowest BCUT2D eigenvalue weighted by Gasteiger charge is -2.30. The molecule has 1 fully saturated rings. The van der Waals surface area contributed by atoms with E-state index in [0.29, 0.717) is 18.2 Å². The second-order valence-corrected chi connectivity index (χ2v) is 6.71. The van der Waals surface area contributed by atoms with Crippen LogP contribution in [0.15, 0.2) is 30.3 Å². The van der Waals surface area contributed by atoms with Gasteiger partial charge in [-0.05, 0) is 31.2 Å². The van der Waals surface area contributed by atoms with Gasteiger partial charge in [0.25, 0.3) is 0 Å². The molecule has 1 N–H and O–H groups in total. The molecule has 3 heteroatoms. The summed E-state index contributed by atoms with van der Waals surface area (Å²) in [7, 11) is 0. The van der Waals surface area contributed by atoms with E-state index in [1.807, 2.05) is 37.3 Å². The second kappa shape index (κ2) is 7.84. The highest BCUT2D eigenvalue weighted by Crippen LogP contribution is 2.27. The number of nitrogens with one attached hydrogen (secondary N) is 1. The van der Waals surface area contributed by atoms with E-state index in [1.165, 1.54) is 38.5 Å². The van der Waals surface area contributed by atoms with Crippen LogP contribution in [-0.2, 0) is 10.3 Å². The van der Waals surface area contributed by atoms with Crippen LogP contribution in [0.1, 0.15) is 57.4 Å². The normalized spacial score (nSPS) is 19.5. The molecular formula is C18H26ClNO. The summed E-state index contributed by atoms with van der Waals surface area (Å²) in [5, 5.41) is 3.16. The largest absolute Gasteiger partial charge is 0.346 e. The molecule has 1 aromatic carbocycles. The maximum Gasteiger partial charge on any atom is 0.220 e. The SMILES string of the molecule is CC(CCl)(NC(=O)CC1CCCCCC1)c1ccccc1. The molecule has 1 saturated carbocycles. The molecule has 2 rings (SSSR count). The smallest absolute Gasteiger partial charge is 0.220 e. The Labute approximate surface area is 133 Å². The summed E-state index contributed by atoms with van der Waals surface area (Å²) in [5.74, 6) is 1.06. The number of halogens is 1. The predicted octanol–water partition coefficient (Wildman–Crippen LogP) is 4.62. The Morgan fingerprint density at radius 2 is 1.81 bits per heavy atom. The van der Waals surface area contributed by atoms with Gasteiger partial charge in [0.2, 0.25) is 5.91 Å². The van der Waals surface area contributed by atoms with E-state index in [4.69, 9.17) is 11.6 Å². The lowest BCUT2D eigenvalue weighted by atomic mass is 9.92. The third-order valence-corrected chi connectivity index (χ3v) is 5.08. The molecule has 0 saturated heterocycles. The number of carbonyl (C=O) groups excluding carboxylic acids is 1. The van der Waals surface area contributed by atoms with Crippen LogP contribution < -0.4 is 5.32 Å². The van der Waals surface area contributed by atoms with E-state index in [9.17, 15) is 4.79 Å². The van der Waals surface area contributed by atoms with Crippen molar-refractivity contribution < 1.29 is 4.79 Å². The number of rotatable bonds is 5. The summed E-state index contributed by atoms with van der Waals surface area (Å²) in [6.07, 6.45) is 8.20. The number of benzene rings is 1. The van der Waals surface area contributed by atoms with Gasteiger partial charge < -0.3 is 5.32 Å². The van der Waals surface area contributed by atoms with Crippen molar-refractivity contribution >= 4 is 17.5 Å². The molecule has 0 aliphatic heterocycles. The standard InChI is InChI=1S/C18H26ClNO/c1-18(14-19,16-11-7-4-8-12-16)20-17(21)13-15-9-5-2-3-6-10-15/h4,7-8,11-12,15H,2-3,5-6,9-10,13-14H2,1H3,(H,20,21). The predicted molar refractivity (Wildman–Crippen MR) is 88.5 cm³/mol. The highest BCUT2D eigenvalue weighted by atomic mass is 35.5. The minimum absolute atomic E-state index is 0.133. The maximum atomic E-state index is 12.4. The number of alkyl halides is 1. The molecular weight excluding hydrogens is 282 g/mol. The summed E-state index contributed by atoms with van der Waals surface area (Å²) in [6.45, 7) is 2.00. The molecule has 1 amide bonds. The van der Waals surface area contributed by atoms with Crippen molar-refractivity contribution in [2.45, 2.75) is 57.4 Å². The van der Waals surface area contributed by atoms with E-state index in [-0.39, 0.29) is 5.91 Å². The lowest BCUT2D eigenvalue weighted by molar-refractivity contribution is -0.123. The summed E-state index contributed by atoms with van der Waals surface area (Å²) < 4.78 is 0. The van der Waals surface area contributed by atoms with Crippen molar-refractivity contribution in [1.82, 2.24) is 5.32 Å². The van der Waals surface area contributed by atoms with E-state index < -0.39 is 5.54 Å². The van der Waals surface area contributed by atoms with Gasteiger partial charge in [-0.3, -0.25) is 4.79 Å². The van der Waals surface area contributed by atoms with Gasteiger partial charge in [-0.25, -0.2) is 0 Å². The van der Waals surface area contributed by atoms with Crippen LogP contribution in [0.3, 0.4) is 0 Å². The molecule has 116 valence electrons. The zero-order valence-electron chi connectivity index (χ0n) is 12.9. The number of hydrogen-bond acceptors (Lipinski definition) is 1. The van der Waals surface area contributed by atoms with Crippen LogP contribution in [0.5, 0.6) is 0 Å². The van der Waals surface area contributed by atoms with E-state index in [2.05, 4.69) is 5.32 Å². The first kappa shape index (κ1) is 16.4. The molecule has 0 heterocycles. The van der Waals surface area contributed by atoms with Crippen molar-refractivity contribution in [2.24, 2.45) is 5.92 Å². The van der Waals surface area contributed by atoms with Gasteiger partial charge in [-0.2, -0.15) is 0 Å². The number of carbonyl (C=O) groups is 1. The van der Waals surface area contributed by atoms with Crippen molar-refractivity contribution in [3.05, 3.63) is 35.9 Å². The van der Waals surface area contributed by atoms with Gasteiger partial charge in [-0.1, -0.05) is 56.0 Å². The van der Waals surface area contributed by atoms with Crippen LogP contribution >= 0.6 is 11.6 Å². The zero-order valence-corrected chi connectivity index (χ0v) is 13.7. The Morgan fingerprint density at radius 1 is 1.19 bits per heavy atom. The molecule has 0 bridgehead atoms. The van der Waals surface area contributed by atoms with Crippen LogP contribution in [0.25, 0.3) is 0 Å². The minimum atomic E-state index is -0.482. The maximum absolute atomic E-state index is 12.4. The monoisotopic (exact) mass is 307 g/mol. The van der Waals surface area contributed by atoms with Gasteiger partial charge in [0, 0.05) is 12.3 Å². The van der Waals surface area contributed by atoms with Crippen LogP contribution in [0.4, 0.5) is 0 Å². The van der Waals surface area contributed by atoms with Crippen LogP contribution in [0.2, 0.25) is 0 Å². The molecule has 1 aliphatic carbocycles. The van der Waals surface area contributed by atoms with Crippen molar-refractivity contribution in [3.63, 3.8) is 0 Å². The quantitative estimate of drug-likeness (QED) is 0.624. The Morgan fingerprint density at radius 3 is 2.38 bits per heavy atom. The minimum Gasteiger partial charge on any atom is -0.346 e. The lowest BCUT2D eigenvalue weighted by Crippen LogP contribution is -2.45. The molecule has 0 spiro atoms. The third kappa shape index (κ3) is 4.74. The van der Waals surface area contributed by atoms with Crippen LogP contribution in [-0.4, -0.2) is 11.8 Å². The topological polar surface area (TPSA) is 29.1 Å². The summed E-state index contributed by atoms with van der Waals surface area (Å²) in [5.41, 5.74) is 0.583. The van der Waals surface area contributed by atoms with Gasteiger partial charge in [-0.15, -0.1) is 11.6 Å². The Bertz CT molecular complexity index is 440. The fraction of sp³-hybridized carbons (Fsp3) is 0.611. The van der Waals surface area contributed by atoms with Gasteiger partial charge in [0.1, 0.15) is 0 Å². The van der Waals surface area contributed by atoms with Crippen molar-refractivity contribution in [3.8, 4) is 0 Å². The molecule has 1 aromatic rings.